The van der Waals surface area contributed by atoms with Gasteiger partial charge in [-0.3, -0.25) is 4.79 Å². The van der Waals surface area contributed by atoms with Crippen LogP contribution < -0.4 is 4.90 Å². The molecule has 128 valence electrons. The maximum Gasteiger partial charge on any atom is 0.258 e. The van der Waals surface area contributed by atoms with Crippen LogP contribution in [0.3, 0.4) is 0 Å². The number of amides is 1. The average molecular weight is 331 g/mol. The molecule has 0 N–H and O–H groups in total. The number of carbonyl (C=O) groups is 1. The summed E-state index contributed by atoms with van der Waals surface area (Å²) >= 11 is 0. The van der Waals surface area contributed by atoms with Crippen molar-refractivity contribution in [1.82, 2.24) is 0 Å². The molecule has 0 aliphatic rings. The first-order chi connectivity index (χ1) is 11.8. The Hall–Kier alpha value is -2.61. The van der Waals surface area contributed by atoms with Gasteiger partial charge in [-0.25, -0.2) is 0 Å². The molecule has 3 aromatic rings. The van der Waals surface area contributed by atoms with E-state index in [-0.39, 0.29) is 11.3 Å². The van der Waals surface area contributed by atoms with Gasteiger partial charge in [-0.15, -0.1) is 0 Å². The molecule has 0 heterocycles. The van der Waals surface area contributed by atoms with Gasteiger partial charge in [0, 0.05) is 18.0 Å². The van der Waals surface area contributed by atoms with E-state index in [1.54, 1.807) is 4.90 Å². The molecule has 0 saturated heterocycles. The van der Waals surface area contributed by atoms with Crippen LogP contribution in [0.4, 0.5) is 5.69 Å². The fourth-order valence-electron chi connectivity index (χ4n) is 3.23. The summed E-state index contributed by atoms with van der Waals surface area (Å²) < 4.78 is 0. The number of anilines is 1. The summed E-state index contributed by atoms with van der Waals surface area (Å²) in [5, 5.41) is 2.23. The first-order valence-corrected chi connectivity index (χ1v) is 8.70. The minimum absolute atomic E-state index is 0.0205. The SMILES string of the molecule is CN(C(=O)c1cccc(CC(C)(C)C)c1)c1cccc2ccccc12. The van der Waals surface area contributed by atoms with Crippen molar-refractivity contribution in [2.75, 3.05) is 11.9 Å². The number of benzene rings is 3. The van der Waals surface area contributed by atoms with Crippen molar-refractivity contribution in [1.29, 1.82) is 0 Å². The van der Waals surface area contributed by atoms with Gasteiger partial charge in [0.25, 0.3) is 5.91 Å². The topological polar surface area (TPSA) is 20.3 Å². The van der Waals surface area contributed by atoms with Crippen LogP contribution in [-0.2, 0) is 6.42 Å². The van der Waals surface area contributed by atoms with E-state index in [1.807, 2.05) is 49.5 Å². The number of hydrogen-bond acceptors (Lipinski definition) is 1. The molecule has 0 atom stereocenters. The number of carbonyl (C=O) groups excluding carboxylic acids is 1. The Kier molecular flexibility index (Phi) is 4.63. The highest BCUT2D eigenvalue weighted by atomic mass is 16.2. The molecular formula is C23H25NO. The van der Waals surface area contributed by atoms with E-state index >= 15 is 0 Å². The van der Waals surface area contributed by atoms with Crippen molar-refractivity contribution in [2.45, 2.75) is 27.2 Å². The Morgan fingerprint density at radius 2 is 1.60 bits per heavy atom. The summed E-state index contributed by atoms with van der Waals surface area (Å²) in [7, 11) is 1.85. The van der Waals surface area contributed by atoms with Crippen LogP contribution in [0.5, 0.6) is 0 Å². The van der Waals surface area contributed by atoms with Crippen LogP contribution in [0.1, 0.15) is 36.7 Å². The Balaban J connectivity index is 1.94. The normalized spacial score (nSPS) is 11.5. The smallest absolute Gasteiger partial charge is 0.258 e. The van der Waals surface area contributed by atoms with Gasteiger partial charge in [0.05, 0.1) is 5.69 Å². The largest absolute Gasteiger partial charge is 0.311 e. The van der Waals surface area contributed by atoms with Crippen molar-refractivity contribution in [3.8, 4) is 0 Å². The van der Waals surface area contributed by atoms with E-state index < -0.39 is 0 Å². The molecule has 25 heavy (non-hydrogen) atoms. The lowest BCUT2D eigenvalue weighted by Crippen LogP contribution is -2.26. The maximum atomic E-state index is 13.0. The van der Waals surface area contributed by atoms with E-state index in [9.17, 15) is 4.79 Å². The zero-order chi connectivity index (χ0) is 18.0. The van der Waals surface area contributed by atoms with Crippen molar-refractivity contribution < 1.29 is 4.79 Å². The Bertz CT molecular complexity index is 900. The highest BCUT2D eigenvalue weighted by Gasteiger charge is 2.17. The van der Waals surface area contributed by atoms with Crippen molar-refractivity contribution in [3.05, 3.63) is 77.9 Å². The molecular weight excluding hydrogens is 306 g/mol. The second-order valence-corrected chi connectivity index (χ2v) is 7.80. The van der Waals surface area contributed by atoms with Gasteiger partial charge in [-0.1, -0.05) is 69.3 Å². The van der Waals surface area contributed by atoms with Crippen molar-refractivity contribution in [2.24, 2.45) is 5.41 Å². The average Bonchev–Trinajstić information content (AvgIpc) is 2.59. The first-order valence-electron chi connectivity index (χ1n) is 8.70. The molecule has 0 fully saturated rings. The number of rotatable bonds is 3. The van der Waals surface area contributed by atoms with E-state index in [1.165, 1.54) is 5.56 Å². The highest BCUT2D eigenvalue weighted by Crippen LogP contribution is 2.27. The highest BCUT2D eigenvalue weighted by molar-refractivity contribution is 6.10. The molecule has 3 aromatic carbocycles. The summed E-state index contributed by atoms with van der Waals surface area (Å²) in [5.41, 5.74) is 3.06. The van der Waals surface area contributed by atoms with Crippen LogP contribution >= 0.6 is 0 Å². The monoisotopic (exact) mass is 331 g/mol. The first kappa shape index (κ1) is 17.2. The molecule has 0 radical (unpaired) electrons. The van der Waals surface area contributed by atoms with Crippen LogP contribution in [0, 0.1) is 5.41 Å². The molecule has 0 saturated carbocycles. The Morgan fingerprint density at radius 1 is 0.920 bits per heavy atom. The van der Waals surface area contributed by atoms with Gasteiger partial charge in [-0.2, -0.15) is 0 Å². The third-order valence-electron chi connectivity index (χ3n) is 4.34. The number of fused-ring (bicyclic) bond motifs is 1. The fourth-order valence-corrected chi connectivity index (χ4v) is 3.23. The van der Waals surface area contributed by atoms with Crippen LogP contribution in [-0.4, -0.2) is 13.0 Å². The zero-order valence-corrected chi connectivity index (χ0v) is 15.4. The van der Waals surface area contributed by atoms with Gasteiger partial charge in [-0.05, 0) is 41.0 Å². The van der Waals surface area contributed by atoms with Crippen LogP contribution in [0.15, 0.2) is 66.7 Å². The van der Waals surface area contributed by atoms with Gasteiger partial charge in [0.1, 0.15) is 0 Å². The second kappa shape index (κ2) is 6.72. The molecule has 1 amide bonds. The van der Waals surface area contributed by atoms with Crippen molar-refractivity contribution in [3.63, 3.8) is 0 Å². The molecule has 0 aromatic heterocycles. The van der Waals surface area contributed by atoms with Gasteiger partial charge < -0.3 is 4.90 Å². The second-order valence-electron chi connectivity index (χ2n) is 7.80. The zero-order valence-electron chi connectivity index (χ0n) is 15.4. The standard InChI is InChI=1S/C23H25NO/c1-23(2,3)16-17-9-7-12-19(15-17)22(25)24(4)21-14-8-11-18-10-5-6-13-20(18)21/h5-15H,16H2,1-4H3. The van der Waals surface area contributed by atoms with Crippen LogP contribution in [0.2, 0.25) is 0 Å². The van der Waals surface area contributed by atoms with Crippen molar-refractivity contribution >= 4 is 22.4 Å². The Labute approximate surface area is 150 Å². The molecule has 0 bridgehead atoms. The quantitative estimate of drug-likeness (QED) is 0.602. The third-order valence-corrected chi connectivity index (χ3v) is 4.34. The summed E-state index contributed by atoms with van der Waals surface area (Å²) in [6.45, 7) is 6.64. The predicted octanol–water partition coefficient (Wildman–Crippen LogP) is 5.71. The lowest BCUT2D eigenvalue weighted by Gasteiger charge is -2.21. The fraction of sp³-hybridized carbons (Fsp3) is 0.261. The Morgan fingerprint density at radius 3 is 2.36 bits per heavy atom. The summed E-state index contributed by atoms with van der Waals surface area (Å²) in [4.78, 5) is 14.8. The summed E-state index contributed by atoms with van der Waals surface area (Å²) in [5.74, 6) is 0.0205. The number of nitrogens with zero attached hydrogens (tertiary/aromatic N) is 1. The lowest BCUT2D eigenvalue weighted by molar-refractivity contribution is 0.0993. The van der Waals surface area contributed by atoms with Gasteiger partial charge in [0.15, 0.2) is 0 Å². The molecule has 2 heteroatoms. The maximum absolute atomic E-state index is 13.0. The third kappa shape index (κ3) is 3.90. The van der Waals surface area contributed by atoms with Gasteiger partial charge in [0.2, 0.25) is 0 Å². The minimum atomic E-state index is 0.0205. The molecule has 0 spiro atoms. The minimum Gasteiger partial charge on any atom is -0.311 e. The molecule has 2 nitrogen and oxygen atoms in total. The summed E-state index contributed by atoms with van der Waals surface area (Å²) in [6.07, 6.45) is 0.950. The molecule has 0 unspecified atom stereocenters. The lowest BCUT2D eigenvalue weighted by atomic mass is 9.87. The van der Waals surface area contributed by atoms with E-state index in [0.717, 1.165) is 28.4 Å². The van der Waals surface area contributed by atoms with E-state index in [2.05, 4.69) is 45.0 Å². The van der Waals surface area contributed by atoms with Gasteiger partial charge >= 0.3 is 0 Å². The van der Waals surface area contributed by atoms with E-state index in [4.69, 9.17) is 0 Å². The number of hydrogen-bond donors (Lipinski definition) is 0. The van der Waals surface area contributed by atoms with E-state index in [0.29, 0.717) is 0 Å². The predicted molar refractivity (Wildman–Crippen MR) is 106 cm³/mol. The molecule has 0 aliphatic heterocycles. The molecule has 3 rings (SSSR count). The summed E-state index contributed by atoms with van der Waals surface area (Å²) in [6, 6.07) is 22.2. The van der Waals surface area contributed by atoms with Crippen LogP contribution in [0.25, 0.3) is 10.8 Å². The molecule has 0 aliphatic carbocycles.